The third-order valence-electron chi connectivity index (χ3n) is 3.70. The van der Waals surface area contributed by atoms with Crippen molar-refractivity contribution >= 4 is 10.0 Å². The van der Waals surface area contributed by atoms with Crippen molar-refractivity contribution in [3.63, 3.8) is 0 Å². The molecule has 0 spiro atoms. The molecule has 5 nitrogen and oxygen atoms in total. The second-order valence-electron chi connectivity index (χ2n) is 5.17. The molecule has 6 heteroatoms. The van der Waals surface area contributed by atoms with Crippen molar-refractivity contribution in [1.82, 2.24) is 14.2 Å². The van der Waals surface area contributed by atoms with E-state index in [1.807, 2.05) is 7.05 Å². The van der Waals surface area contributed by atoms with Gasteiger partial charge in [0.1, 0.15) is 0 Å². The highest BCUT2D eigenvalue weighted by atomic mass is 32.2. The van der Waals surface area contributed by atoms with E-state index >= 15 is 0 Å². The van der Waals surface area contributed by atoms with Crippen LogP contribution in [0.25, 0.3) is 0 Å². The topological polar surface area (TPSA) is 54.3 Å². The Bertz CT molecular complexity index is 502. The van der Waals surface area contributed by atoms with Gasteiger partial charge in [-0.05, 0) is 37.9 Å². The molecule has 0 saturated carbocycles. The van der Waals surface area contributed by atoms with E-state index in [2.05, 4.69) is 12.2 Å². The van der Waals surface area contributed by atoms with E-state index in [1.54, 1.807) is 27.3 Å². The molecule has 0 atom stereocenters. The van der Waals surface area contributed by atoms with E-state index in [0.717, 1.165) is 25.9 Å². The van der Waals surface area contributed by atoms with Crippen LogP contribution in [0.3, 0.4) is 0 Å². The molecular weight excluding hydrogens is 262 g/mol. The van der Waals surface area contributed by atoms with Crippen LogP contribution >= 0.6 is 0 Å². The zero-order valence-corrected chi connectivity index (χ0v) is 12.5. The van der Waals surface area contributed by atoms with Crippen molar-refractivity contribution in [1.29, 1.82) is 0 Å². The summed E-state index contributed by atoms with van der Waals surface area (Å²) in [6.07, 6.45) is 5.32. The van der Waals surface area contributed by atoms with Crippen molar-refractivity contribution in [2.45, 2.75) is 24.7 Å². The Labute approximate surface area is 115 Å². The molecule has 1 aliphatic heterocycles. The van der Waals surface area contributed by atoms with Crippen LogP contribution < -0.4 is 5.32 Å². The molecule has 0 unspecified atom stereocenters. The van der Waals surface area contributed by atoms with Gasteiger partial charge in [-0.15, -0.1) is 0 Å². The van der Waals surface area contributed by atoms with E-state index < -0.39 is 10.0 Å². The first-order valence-electron chi connectivity index (χ1n) is 6.87. The Hall–Kier alpha value is -0.850. The lowest BCUT2D eigenvalue weighted by Gasteiger charge is -2.31. The van der Waals surface area contributed by atoms with Crippen LogP contribution in [0.5, 0.6) is 0 Å². The largest absolute Gasteiger partial charge is 0.356 e. The molecule has 108 valence electrons. The number of sulfonamides is 1. The SMILES string of the molecule is CCNCC1CCN(S(=O)(=O)c2ccn(C)c2)CC1. The lowest BCUT2D eigenvalue weighted by molar-refractivity contribution is 0.268. The first-order valence-corrected chi connectivity index (χ1v) is 8.31. The molecule has 19 heavy (non-hydrogen) atoms. The van der Waals surface area contributed by atoms with Gasteiger partial charge in [0.25, 0.3) is 0 Å². The van der Waals surface area contributed by atoms with E-state index in [9.17, 15) is 8.42 Å². The monoisotopic (exact) mass is 285 g/mol. The van der Waals surface area contributed by atoms with Crippen LogP contribution in [0.2, 0.25) is 0 Å². The van der Waals surface area contributed by atoms with Gasteiger partial charge in [0.05, 0.1) is 4.90 Å². The summed E-state index contributed by atoms with van der Waals surface area (Å²) in [6.45, 7) is 5.33. The Morgan fingerprint density at radius 1 is 1.37 bits per heavy atom. The standard InChI is InChI=1S/C13H23N3O2S/c1-3-14-10-12-4-8-16(9-5-12)19(17,18)13-6-7-15(2)11-13/h6-7,11-12,14H,3-5,8-10H2,1-2H3. The Morgan fingerprint density at radius 2 is 2.05 bits per heavy atom. The predicted octanol–water partition coefficient (Wildman–Crippen LogP) is 1.04. The average molecular weight is 285 g/mol. The van der Waals surface area contributed by atoms with E-state index in [-0.39, 0.29) is 0 Å². The van der Waals surface area contributed by atoms with Gasteiger partial charge in [0.2, 0.25) is 10.0 Å². The van der Waals surface area contributed by atoms with Crippen molar-refractivity contribution in [3.05, 3.63) is 18.5 Å². The Balaban J connectivity index is 1.97. The number of nitrogens with one attached hydrogen (secondary N) is 1. The minimum Gasteiger partial charge on any atom is -0.356 e. The van der Waals surface area contributed by atoms with Crippen molar-refractivity contribution in [2.75, 3.05) is 26.2 Å². The molecule has 1 saturated heterocycles. The average Bonchev–Trinajstić information content (AvgIpc) is 2.84. The smallest absolute Gasteiger partial charge is 0.244 e. The fourth-order valence-corrected chi connectivity index (χ4v) is 4.00. The molecule has 0 amide bonds. The van der Waals surface area contributed by atoms with Crippen molar-refractivity contribution in [3.8, 4) is 0 Å². The summed E-state index contributed by atoms with van der Waals surface area (Å²) in [5.41, 5.74) is 0. The maximum Gasteiger partial charge on any atom is 0.244 e. The lowest BCUT2D eigenvalue weighted by Crippen LogP contribution is -2.40. The molecule has 1 N–H and O–H groups in total. The summed E-state index contributed by atoms with van der Waals surface area (Å²) in [5.74, 6) is 0.599. The lowest BCUT2D eigenvalue weighted by atomic mass is 9.98. The summed E-state index contributed by atoms with van der Waals surface area (Å²) < 4.78 is 28.2. The molecule has 0 bridgehead atoms. The molecule has 1 fully saturated rings. The van der Waals surface area contributed by atoms with E-state index in [4.69, 9.17) is 0 Å². The number of piperidine rings is 1. The fourth-order valence-electron chi connectivity index (χ4n) is 2.48. The van der Waals surface area contributed by atoms with Gasteiger partial charge in [0, 0.05) is 32.5 Å². The maximum absolute atomic E-state index is 12.4. The van der Waals surface area contributed by atoms with Gasteiger partial charge in [-0.2, -0.15) is 4.31 Å². The summed E-state index contributed by atoms with van der Waals surface area (Å²) in [7, 11) is -1.46. The normalized spacial score (nSPS) is 18.8. The third-order valence-corrected chi connectivity index (χ3v) is 5.58. The summed E-state index contributed by atoms with van der Waals surface area (Å²) >= 11 is 0. The van der Waals surface area contributed by atoms with Crippen LogP contribution in [-0.4, -0.2) is 43.5 Å². The van der Waals surface area contributed by atoms with Crippen molar-refractivity contribution in [2.24, 2.45) is 13.0 Å². The van der Waals surface area contributed by atoms with Gasteiger partial charge in [-0.25, -0.2) is 8.42 Å². The first-order chi connectivity index (χ1) is 9.04. The van der Waals surface area contributed by atoms with Gasteiger partial charge >= 0.3 is 0 Å². The number of aromatic nitrogens is 1. The van der Waals surface area contributed by atoms with E-state index in [1.165, 1.54) is 0 Å². The minimum absolute atomic E-state index is 0.403. The van der Waals surface area contributed by atoms with Crippen LogP contribution in [-0.2, 0) is 17.1 Å². The van der Waals surface area contributed by atoms with Crippen LogP contribution in [0.4, 0.5) is 0 Å². The minimum atomic E-state index is -3.29. The van der Waals surface area contributed by atoms with E-state index in [0.29, 0.717) is 23.9 Å². The maximum atomic E-state index is 12.4. The molecule has 2 rings (SSSR count). The molecular formula is C13H23N3O2S. The predicted molar refractivity (Wildman–Crippen MR) is 75.4 cm³/mol. The second-order valence-corrected chi connectivity index (χ2v) is 7.11. The quantitative estimate of drug-likeness (QED) is 0.879. The van der Waals surface area contributed by atoms with Gasteiger partial charge in [-0.3, -0.25) is 0 Å². The molecule has 1 aliphatic rings. The molecule has 0 radical (unpaired) electrons. The van der Waals surface area contributed by atoms with Gasteiger partial charge in [0.15, 0.2) is 0 Å². The number of hydrogen-bond donors (Lipinski definition) is 1. The Morgan fingerprint density at radius 3 is 2.58 bits per heavy atom. The Kier molecular flexibility index (Phi) is 4.65. The van der Waals surface area contributed by atoms with Crippen molar-refractivity contribution < 1.29 is 8.42 Å². The second kappa shape index (κ2) is 6.07. The van der Waals surface area contributed by atoms with Crippen LogP contribution in [0, 0.1) is 5.92 Å². The molecule has 1 aromatic rings. The number of aryl methyl sites for hydroxylation is 1. The fraction of sp³-hybridized carbons (Fsp3) is 0.692. The summed E-state index contributed by atoms with van der Waals surface area (Å²) in [5, 5.41) is 3.34. The zero-order chi connectivity index (χ0) is 13.9. The van der Waals surface area contributed by atoms with Gasteiger partial charge < -0.3 is 9.88 Å². The number of rotatable bonds is 5. The van der Waals surface area contributed by atoms with Crippen LogP contribution in [0.15, 0.2) is 23.4 Å². The molecule has 0 aromatic carbocycles. The molecule has 1 aromatic heterocycles. The molecule has 0 aliphatic carbocycles. The highest BCUT2D eigenvalue weighted by Gasteiger charge is 2.29. The highest BCUT2D eigenvalue weighted by Crippen LogP contribution is 2.23. The van der Waals surface area contributed by atoms with Gasteiger partial charge in [-0.1, -0.05) is 6.92 Å². The highest BCUT2D eigenvalue weighted by molar-refractivity contribution is 7.89. The molecule has 2 heterocycles. The summed E-state index contributed by atoms with van der Waals surface area (Å²) in [6, 6.07) is 1.67. The number of hydrogen-bond acceptors (Lipinski definition) is 3. The number of nitrogens with zero attached hydrogens (tertiary/aromatic N) is 2. The van der Waals surface area contributed by atoms with Crippen LogP contribution in [0.1, 0.15) is 19.8 Å². The first kappa shape index (κ1) is 14.6. The third kappa shape index (κ3) is 3.38. The summed E-state index contributed by atoms with van der Waals surface area (Å²) in [4.78, 5) is 0.403. The zero-order valence-electron chi connectivity index (χ0n) is 11.7.